The predicted molar refractivity (Wildman–Crippen MR) is 68.2 cm³/mol. The minimum atomic E-state index is 0.154. The molecule has 2 rings (SSSR count). The third kappa shape index (κ3) is 3.85. The Bertz CT molecular complexity index is 254. The molecule has 1 N–H and O–H groups in total. The number of hydrogen-bond acceptors (Lipinski definition) is 2. The van der Waals surface area contributed by atoms with Gasteiger partial charge >= 0.3 is 0 Å². The standard InChI is InChI=1S/C13H22ClNO2/c14-12-4-2-1-3-11(12)9-15-13(16)10-5-7-17-8-6-10/h10-12H,1-9H2,(H,15,16). The molecule has 1 saturated carbocycles. The second kappa shape index (κ2) is 6.60. The highest BCUT2D eigenvalue weighted by atomic mass is 35.5. The van der Waals surface area contributed by atoms with E-state index in [9.17, 15) is 4.79 Å². The number of carbonyl (C=O) groups is 1. The quantitative estimate of drug-likeness (QED) is 0.790. The molecule has 2 unspecified atom stereocenters. The Kier molecular flexibility index (Phi) is 5.11. The van der Waals surface area contributed by atoms with Gasteiger partial charge in [-0.1, -0.05) is 12.8 Å². The molecule has 1 aliphatic heterocycles. The van der Waals surface area contributed by atoms with Gasteiger partial charge in [0.15, 0.2) is 0 Å². The Hall–Kier alpha value is -0.280. The van der Waals surface area contributed by atoms with Crippen molar-refractivity contribution in [2.24, 2.45) is 11.8 Å². The van der Waals surface area contributed by atoms with Gasteiger partial charge in [0, 0.05) is 31.1 Å². The fraction of sp³-hybridized carbons (Fsp3) is 0.923. The highest BCUT2D eigenvalue weighted by Gasteiger charge is 2.26. The van der Waals surface area contributed by atoms with E-state index in [1.54, 1.807) is 0 Å². The molecule has 1 amide bonds. The van der Waals surface area contributed by atoms with Crippen molar-refractivity contribution in [3.8, 4) is 0 Å². The number of amides is 1. The van der Waals surface area contributed by atoms with Crippen LogP contribution in [0.15, 0.2) is 0 Å². The van der Waals surface area contributed by atoms with Crippen molar-refractivity contribution in [1.29, 1.82) is 0 Å². The molecular weight excluding hydrogens is 238 g/mol. The van der Waals surface area contributed by atoms with Crippen LogP contribution < -0.4 is 5.32 Å². The predicted octanol–water partition coefficient (Wildman–Crippen LogP) is 2.33. The van der Waals surface area contributed by atoms with Crippen LogP contribution in [0.25, 0.3) is 0 Å². The third-order valence-electron chi connectivity index (χ3n) is 3.95. The van der Waals surface area contributed by atoms with E-state index >= 15 is 0 Å². The molecule has 0 bridgehead atoms. The van der Waals surface area contributed by atoms with Crippen LogP contribution in [-0.2, 0) is 9.53 Å². The van der Waals surface area contributed by atoms with Gasteiger partial charge in [-0.2, -0.15) is 0 Å². The van der Waals surface area contributed by atoms with Crippen LogP contribution in [0.2, 0.25) is 0 Å². The SMILES string of the molecule is O=C(NCC1CCCCC1Cl)C1CCOCC1. The van der Waals surface area contributed by atoms with E-state index in [-0.39, 0.29) is 17.2 Å². The molecule has 4 heteroatoms. The fourth-order valence-corrected chi connectivity index (χ4v) is 3.10. The molecule has 0 aromatic rings. The molecule has 1 aliphatic carbocycles. The first kappa shape index (κ1) is 13.2. The Morgan fingerprint density at radius 3 is 2.59 bits per heavy atom. The number of halogens is 1. The highest BCUT2D eigenvalue weighted by Crippen LogP contribution is 2.28. The summed E-state index contributed by atoms with van der Waals surface area (Å²) in [5.41, 5.74) is 0. The minimum Gasteiger partial charge on any atom is -0.381 e. The molecule has 2 aliphatic rings. The van der Waals surface area contributed by atoms with Crippen molar-refractivity contribution in [3.63, 3.8) is 0 Å². The van der Waals surface area contributed by atoms with Crippen molar-refractivity contribution >= 4 is 17.5 Å². The lowest BCUT2D eigenvalue weighted by atomic mass is 9.88. The second-order valence-electron chi connectivity index (χ2n) is 5.19. The van der Waals surface area contributed by atoms with Crippen molar-refractivity contribution in [2.75, 3.05) is 19.8 Å². The maximum absolute atomic E-state index is 11.9. The topological polar surface area (TPSA) is 38.3 Å². The zero-order valence-electron chi connectivity index (χ0n) is 10.3. The van der Waals surface area contributed by atoms with E-state index < -0.39 is 0 Å². The fourth-order valence-electron chi connectivity index (χ4n) is 2.73. The van der Waals surface area contributed by atoms with Gasteiger partial charge in [0.1, 0.15) is 0 Å². The van der Waals surface area contributed by atoms with Crippen LogP contribution in [0, 0.1) is 11.8 Å². The molecule has 1 saturated heterocycles. The molecule has 98 valence electrons. The largest absolute Gasteiger partial charge is 0.381 e. The average molecular weight is 260 g/mol. The van der Waals surface area contributed by atoms with Crippen molar-refractivity contribution in [3.05, 3.63) is 0 Å². The summed E-state index contributed by atoms with van der Waals surface area (Å²) in [4.78, 5) is 11.9. The van der Waals surface area contributed by atoms with Gasteiger partial charge in [-0.05, 0) is 31.6 Å². The van der Waals surface area contributed by atoms with Crippen LogP contribution in [0.4, 0.5) is 0 Å². The molecule has 2 fully saturated rings. The molecule has 17 heavy (non-hydrogen) atoms. The van der Waals surface area contributed by atoms with Crippen LogP contribution in [-0.4, -0.2) is 31.0 Å². The number of hydrogen-bond donors (Lipinski definition) is 1. The first-order chi connectivity index (χ1) is 8.27. The first-order valence-electron chi connectivity index (χ1n) is 6.77. The lowest BCUT2D eigenvalue weighted by molar-refractivity contribution is -0.128. The van der Waals surface area contributed by atoms with Crippen LogP contribution >= 0.6 is 11.6 Å². The van der Waals surface area contributed by atoms with Gasteiger partial charge in [-0.25, -0.2) is 0 Å². The van der Waals surface area contributed by atoms with Gasteiger partial charge in [0.2, 0.25) is 5.91 Å². The molecular formula is C13H22ClNO2. The van der Waals surface area contributed by atoms with E-state index in [0.717, 1.165) is 45.4 Å². The van der Waals surface area contributed by atoms with Crippen molar-refractivity contribution < 1.29 is 9.53 Å². The minimum absolute atomic E-state index is 0.154. The van der Waals surface area contributed by atoms with Gasteiger partial charge in [0.05, 0.1) is 0 Å². The molecule has 3 nitrogen and oxygen atoms in total. The smallest absolute Gasteiger partial charge is 0.223 e. The van der Waals surface area contributed by atoms with Crippen LogP contribution in [0.5, 0.6) is 0 Å². The second-order valence-corrected chi connectivity index (χ2v) is 5.75. The number of alkyl halides is 1. The van der Waals surface area contributed by atoms with E-state index in [4.69, 9.17) is 16.3 Å². The Morgan fingerprint density at radius 2 is 1.88 bits per heavy atom. The normalized spacial score (nSPS) is 31.1. The van der Waals surface area contributed by atoms with E-state index in [1.165, 1.54) is 12.8 Å². The zero-order valence-corrected chi connectivity index (χ0v) is 11.0. The monoisotopic (exact) mass is 259 g/mol. The summed E-state index contributed by atoms with van der Waals surface area (Å²) in [6.07, 6.45) is 6.46. The third-order valence-corrected chi connectivity index (χ3v) is 4.52. The summed E-state index contributed by atoms with van der Waals surface area (Å²) >= 11 is 6.28. The summed E-state index contributed by atoms with van der Waals surface area (Å²) in [5.74, 6) is 0.818. The molecule has 0 aromatic heterocycles. The van der Waals surface area contributed by atoms with Crippen LogP contribution in [0.3, 0.4) is 0 Å². The summed E-state index contributed by atoms with van der Waals surface area (Å²) in [6, 6.07) is 0. The van der Waals surface area contributed by atoms with Crippen LogP contribution in [0.1, 0.15) is 38.5 Å². The maximum Gasteiger partial charge on any atom is 0.223 e. The summed E-state index contributed by atoms with van der Waals surface area (Å²) < 4.78 is 5.26. The Balaban J connectivity index is 1.71. The van der Waals surface area contributed by atoms with Gasteiger partial charge in [0.25, 0.3) is 0 Å². The summed E-state index contributed by atoms with van der Waals surface area (Å²) in [6.45, 7) is 2.20. The van der Waals surface area contributed by atoms with E-state index in [0.29, 0.717) is 5.92 Å². The average Bonchev–Trinajstić information content (AvgIpc) is 2.38. The van der Waals surface area contributed by atoms with Gasteiger partial charge in [-0.15, -0.1) is 11.6 Å². The van der Waals surface area contributed by atoms with Crippen molar-refractivity contribution in [2.45, 2.75) is 43.9 Å². The lowest BCUT2D eigenvalue weighted by Gasteiger charge is -2.28. The molecule has 2 atom stereocenters. The number of carbonyl (C=O) groups excluding carboxylic acids is 1. The number of nitrogens with one attached hydrogen (secondary N) is 1. The number of ether oxygens (including phenoxy) is 1. The Morgan fingerprint density at radius 1 is 1.18 bits per heavy atom. The Labute approximate surface area is 108 Å². The molecule has 1 heterocycles. The zero-order chi connectivity index (χ0) is 12.1. The molecule has 0 spiro atoms. The summed E-state index contributed by atoms with van der Waals surface area (Å²) in [5, 5.41) is 3.32. The van der Waals surface area contributed by atoms with Gasteiger partial charge in [-0.3, -0.25) is 4.79 Å². The van der Waals surface area contributed by atoms with E-state index in [1.807, 2.05) is 0 Å². The molecule has 0 aromatic carbocycles. The summed E-state index contributed by atoms with van der Waals surface area (Å²) in [7, 11) is 0. The maximum atomic E-state index is 11.9. The lowest BCUT2D eigenvalue weighted by Crippen LogP contribution is -2.39. The van der Waals surface area contributed by atoms with Gasteiger partial charge < -0.3 is 10.1 Å². The number of rotatable bonds is 3. The molecule has 0 radical (unpaired) electrons. The van der Waals surface area contributed by atoms with Crippen molar-refractivity contribution in [1.82, 2.24) is 5.32 Å². The van der Waals surface area contributed by atoms with E-state index in [2.05, 4.69) is 5.32 Å². The highest BCUT2D eigenvalue weighted by molar-refractivity contribution is 6.20. The first-order valence-corrected chi connectivity index (χ1v) is 7.20.